The molecule has 26 heavy (non-hydrogen) atoms. The molecule has 142 valence electrons. The Kier molecular flexibility index (Phi) is 6.51. The average molecular weight is 363 g/mol. The highest BCUT2D eigenvalue weighted by molar-refractivity contribution is 5.47. The number of quaternary nitrogens is 1. The molecule has 1 aliphatic heterocycles. The summed E-state index contributed by atoms with van der Waals surface area (Å²) in [7, 11) is 1.68. The SMILES string of the molecule is CCC[C@@H](c1nnnn1CCOC)[NH+]1CCN(c2ccccc2F)CC1. The van der Waals surface area contributed by atoms with Gasteiger partial charge in [-0.2, -0.15) is 0 Å². The van der Waals surface area contributed by atoms with E-state index in [0.29, 0.717) is 18.8 Å². The number of halogens is 1. The summed E-state index contributed by atoms with van der Waals surface area (Å²) < 4.78 is 21.1. The number of benzene rings is 1. The number of anilines is 1. The summed E-state index contributed by atoms with van der Waals surface area (Å²) in [5, 5.41) is 12.3. The highest BCUT2D eigenvalue weighted by Crippen LogP contribution is 2.19. The summed E-state index contributed by atoms with van der Waals surface area (Å²) >= 11 is 0. The first-order valence-corrected chi connectivity index (χ1v) is 9.33. The van der Waals surface area contributed by atoms with Crippen molar-refractivity contribution in [3.63, 3.8) is 0 Å². The van der Waals surface area contributed by atoms with Gasteiger partial charge in [-0.1, -0.05) is 25.5 Å². The molecule has 7 nitrogen and oxygen atoms in total. The number of methoxy groups -OCH3 is 1. The third kappa shape index (κ3) is 4.19. The molecular formula is C18H28FN6O+. The molecule has 1 aromatic carbocycles. The summed E-state index contributed by atoms with van der Waals surface area (Å²) in [6, 6.07) is 7.27. The molecule has 3 rings (SSSR count). The van der Waals surface area contributed by atoms with Gasteiger partial charge in [-0.3, -0.25) is 0 Å². The number of aromatic nitrogens is 4. The minimum absolute atomic E-state index is 0.149. The molecule has 0 radical (unpaired) electrons. The van der Waals surface area contributed by atoms with Crippen LogP contribution in [-0.2, 0) is 11.3 Å². The Hall–Kier alpha value is -2.06. The van der Waals surface area contributed by atoms with Gasteiger partial charge in [0.2, 0.25) is 5.82 Å². The number of rotatable bonds is 8. The minimum Gasteiger partial charge on any atom is -0.383 e. The number of para-hydroxylation sites is 1. The minimum atomic E-state index is -0.149. The lowest BCUT2D eigenvalue weighted by Crippen LogP contribution is -3.15. The molecule has 8 heteroatoms. The summed E-state index contributed by atoms with van der Waals surface area (Å²) in [5.41, 5.74) is 0.698. The standard InChI is InChI=1S/C18H27FN6O/c1-3-6-17(18-20-21-22-25(18)13-14-26-2)24-11-9-23(10-12-24)16-8-5-4-7-15(16)19/h4-5,7-8,17H,3,6,9-14H2,1-2H3/p+1/t17-/m0/s1. The normalized spacial score (nSPS) is 16.8. The van der Waals surface area contributed by atoms with Crippen molar-refractivity contribution in [2.75, 3.05) is 44.8 Å². The number of tetrazole rings is 1. The van der Waals surface area contributed by atoms with Crippen molar-refractivity contribution >= 4 is 5.69 Å². The van der Waals surface area contributed by atoms with E-state index in [-0.39, 0.29) is 11.9 Å². The number of nitrogens with zero attached hydrogens (tertiary/aromatic N) is 5. The molecule has 0 spiro atoms. The molecule has 1 fully saturated rings. The first-order chi connectivity index (χ1) is 12.7. The zero-order valence-electron chi connectivity index (χ0n) is 15.6. The molecular weight excluding hydrogens is 335 g/mol. The second kappa shape index (κ2) is 9.05. The van der Waals surface area contributed by atoms with Gasteiger partial charge in [-0.05, 0) is 22.6 Å². The summed E-state index contributed by atoms with van der Waals surface area (Å²) in [5.74, 6) is 0.780. The van der Waals surface area contributed by atoms with Gasteiger partial charge in [0.25, 0.3) is 0 Å². The lowest BCUT2D eigenvalue weighted by Gasteiger charge is -2.37. The van der Waals surface area contributed by atoms with Crippen LogP contribution < -0.4 is 9.80 Å². The van der Waals surface area contributed by atoms with Gasteiger partial charge >= 0.3 is 0 Å². The second-order valence-electron chi connectivity index (χ2n) is 6.69. The van der Waals surface area contributed by atoms with Crippen LogP contribution in [0.3, 0.4) is 0 Å². The van der Waals surface area contributed by atoms with Gasteiger partial charge in [-0.25, -0.2) is 9.07 Å². The van der Waals surface area contributed by atoms with Crippen molar-refractivity contribution in [1.29, 1.82) is 0 Å². The van der Waals surface area contributed by atoms with Crippen molar-refractivity contribution in [1.82, 2.24) is 20.2 Å². The van der Waals surface area contributed by atoms with Crippen LogP contribution in [0, 0.1) is 5.82 Å². The van der Waals surface area contributed by atoms with Crippen LogP contribution >= 0.6 is 0 Å². The number of ether oxygens (including phenoxy) is 1. The fourth-order valence-corrected chi connectivity index (χ4v) is 3.69. The summed E-state index contributed by atoms with van der Waals surface area (Å²) in [6.07, 6.45) is 2.10. The maximum atomic E-state index is 14.1. The largest absolute Gasteiger partial charge is 0.383 e. The Morgan fingerprint density at radius 1 is 1.27 bits per heavy atom. The first kappa shape index (κ1) is 18.7. The second-order valence-corrected chi connectivity index (χ2v) is 6.69. The molecule has 2 aromatic rings. The topological polar surface area (TPSA) is 60.5 Å². The van der Waals surface area contributed by atoms with E-state index in [0.717, 1.165) is 44.8 Å². The maximum Gasteiger partial charge on any atom is 0.209 e. The van der Waals surface area contributed by atoms with Crippen molar-refractivity contribution in [3.8, 4) is 0 Å². The molecule has 1 aliphatic rings. The monoisotopic (exact) mass is 363 g/mol. The van der Waals surface area contributed by atoms with E-state index >= 15 is 0 Å². The highest BCUT2D eigenvalue weighted by Gasteiger charge is 2.32. The van der Waals surface area contributed by atoms with Gasteiger partial charge in [0.05, 0.1) is 45.0 Å². The fourth-order valence-electron chi connectivity index (χ4n) is 3.69. The summed E-state index contributed by atoms with van der Waals surface area (Å²) in [4.78, 5) is 3.60. The molecule has 1 saturated heterocycles. The third-order valence-corrected chi connectivity index (χ3v) is 5.05. The van der Waals surface area contributed by atoms with Gasteiger partial charge in [0.15, 0.2) is 0 Å². The Morgan fingerprint density at radius 2 is 2.04 bits per heavy atom. The van der Waals surface area contributed by atoms with Crippen LogP contribution in [0.4, 0.5) is 10.1 Å². The quantitative estimate of drug-likeness (QED) is 0.748. The van der Waals surface area contributed by atoms with E-state index in [2.05, 4.69) is 27.3 Å². The Labute approximate surface area is 153 Å². The summed E-state index contributed by atoms with van der Waals surface area (Å²) in [6.45, 7) is 6.98. The molecule has 1 aromatic heterocycles. The van der Waals surface area contributed by atoms with Crippen molar-refractivity contribution in [3.05, 3.63) is 35.9 Å². The van der Waals surface area contributed by atoms with Crippen LogP contribution in [-0.4, -0.2) is 60.1 Å². The van der Waals surface area contributed by atoms with E-state index in [9.17, 15) is 4.39 Å². The van der Waals surface area contributed by atoms with E-state index in [1.54, 1.807) is 13.2 Å². The van der Waals surface area contributed by atoms with Gasteiger partial charge in [0, 0.05) is 13.5 Å². The smallest absolute Gasteiger partial charge is 0.209 e. The maximum absolute atomic E-state index is 14.1. The molecule has 0 amide bonds. The van der Waals surface area contributed by atoms with Crippen LogP contribution in [0.2, 0.25) is 0 Å². The van der Waals surface area contributed by atoms with Gasteiger partial charge in [-0.15, -0.1) is 5.10 Å². The number of hydrogen-bond donors (Lipinski definition) is 1. The van der Waals surface area contributed by atoms with E-state index in [1.165, 1.54) is 11.0 Å². The van der Waals surface area contributed by atoms with E-state index < -0.39 is 0 Å². The Morgan fingerprint density at radius 3 is 2.73 bits per heavy atom. The first-order valence-electron chi connectivity index (χ1n) is 9.33. The Bertz CT molecular complexity index is 686. The van der Waals surface area contributed by atoms with E-state index in [4.69, 9.17) is 4.74 Å². The van der Waals surface area contributed by atoms with Crippen LogP contribution in [0.15, 0.2) is 24.3 Å². The van der Waals surface area contributed by atoms with Crippen molar-refractivity contribution < 1.29 is 14.0 Å². The lowest BCUT2D eigenvalue weighted by molar-refractivity contribution is -0.933. The fraction of sp³-hybridized carbons (Fsp3) is 0.611. The van der Waals surface area contributed by atoms with Gasteiger partial charge < -0.3 is 14.5 Å². The highest BCUT2D eigenvalue weighted by atomic mass is 19.1. The molecule has 0 bridgehead atoms. The predicted molar refractivity (Wildman–Crippen MR) is 96.7 cm³/mol. The van der Waals surface area contributed by atoms with Crippen LogP contribution in [0.1, 0.15) is 31.6 Å². The van der Waals surface area contributed by atoms with Crippen LogP contribution in [0.5, 0.6) is 0 Å². The molecule has 1 atom stereocenters. The third-order valence-electron chi connectivity index (χ3n) is 5.05. The van der Waals surface area contributed by atoms with Crippen LogP contribution in [0.25, 0.3) is 0 Å². The molecule has 1 N–H and O–H groups in total. The number of hydrogen-bond acceptors (Lipinski definition) is 5. The average Bonchev–Trinajstić information content (AvgIpc) is 3.13. The van der Waals surface area contributed by atoms with Crippen molar-refractivity contribution in [2.24, 2.45) is 0 Å². The lowest BCUT2D eigenvalue weighted by atomic mass is 10.1. The van der Waals surface area contributed by atoms with Gasteiger partial charge in [0.1, 0.15) is 11.9 Å². The molecule has 2 heterocycles. The van der Waals surface area contributed by atoms with E-state index in [1.807, 2.05) is 16.8 Å². The zero-order chi connectivity index (χ0) is 18.4. The molecule has 0 aliphatic carbocycles. The van der Waals surface area contributed by atoms with Crippen molar-refractivity contribution in [2.45, 2.75) is 32.4 Å². The Balaban J connectivity index is 1.69. The number of piperazine rings is 1. The molecule has 0 saturated carbocycles. The number of nitrogens with one attached hydrogen (secondary N) is 1. The molecule has 0 unspecified atom stereocenters. The predicted octanol–water partition coefficient (Wildman–Crippen LogP) is 0.705. The zero-order valence-corrected chi connectivity index (χ0v) is 15.6.